The van der Waals surface area contributed by atoms with Crippen molar-refractivity contribution in [1.82, 2.24) is 0 Å². The van der Waals surface area contributed by atoms with Gasteiger partial charge in [-0.15, -0.1) is 0 Å². The zero-order chi connectivity index (χ0) is 17.6. The van der Waals surface area contributed by atoms with Gasteiger partial charge >= 0.3 is 0 Å². The van der Waals surface area contributed by atoms with Gasteiger partial charge < -0.3 is 28.4 Å². The summed E-state index contributed by atoms with van der Waals surface area (Å²) in [5.74, 6) is -0.663. The van der Waals surface area contributed by atoms with Gasteiger partial charge in [0.1, 0.15) is 17.8 Å². The van der Waals surface area contributed by atoms with E-state index in [-0.39, 0.29) is 12.2 Å². The summed E-state index contributed by atoms with van der Waals surface area (Å²) in [4.78, 5) is 0. The molecule has 2 saturated heterocycles. The minimum Gasteiger partial charge on any atom is -0.381 e. The lowest BCUT2D eigenvalue weighted by Gasteiger charge is -2.36. The van der Waals surface area contributed by atoms with Crippen molar-refractivity contribution in [1.29, 1.82) is 0 Å². The summed E-state index contributed by atoms with van der Waals surface area (Å²) in [6, 6.07) is 0. The normalized spacial score (nSPS) is 34.6. The maximum atomic E-state index is 6.25. The molecule has 142 valence electrons. The van der Waals surface area contributed by atoms with Crippen LogP contribution in [0.1, 0.15) is 53.4 Å². The molecule has 0 saturated carbocycles. The Labute approximate surface area is 146 Å². The van der Waals surface area contributed by atoms with Crippen molar-refractivity contribution >= 4 is 0 Å². The molecule has 2 rings (SSSR count). The third-order valence-corrected chi connectivity index (χ3v) is 4.43. The molecule has 0 bridgehead atoms. The Bertz CT molecular complexity index is 375. The number of ether oxygens (including phenoxy) is 6. The average Bonchev–Trinajstić information content (AvgIpc) is 2.95. The lowest BCUT2D eigenvalue weighted by molar-refractivity contribution is -0.261. The minimum absolute atomic E-state index is 0.262. The SMILES string of the molecule is CCCCOC[C@@]1(COC)O[C@H]2OC(C)(C)O[C@H]2C1OCCCC. The van der Waals surface area contributed by atoms with Crippen LogP contribution in [0.3, 0.4) is 0 Å². The standard InChI is InChI=1S/C18H34O6/c1-6-8-10-20-13-18(12-19-5)15(21-11-9-7-2)14-16(24-18)23-17(3,4)22-14/h14-16H,6-13H2,1-5H3/t14-,15?,16+,18+/m0/s1. The molecule has 2 heterocycles. The largest absolute Gasteiger partial charge is 0.381 e. The van der Waals surface area contributed by atoms with Crippen molar-refractivity contribution in [3.8, 4) is 0 Å². The van der Waals surface area contributed by atoms with Crippen LogP contribution in [0.2, 0.25) is 0 Å². The van der Waals surface area contributed by atoms with E-state index in [4.69, 9.17) is 28.4 Å². The Balaban J connectivity index is 2.09. The highest BCUT2D eigenvalue weighted by Crippen LogP contribution is 2.44. The van der Waals surface area contributed by atoms with Gasteiger partial charge in [-0.25, -0.2) is 0 Å². The zero-order valence-corrected chi connectivity index (χ0v) is 15.8. The number of methoxy groups -OCH3 is 1. The monoisotopic (exact) mass is 346 g/mol. The highest BCUT2D eigenvalue weighted by atomic mass is 16.8. The van der Waals surface area contributed by atoms with Crippen LogP contribution in [0.4, 0.5) is 0 Å². The second-order valence-corrected chi connectivity index (χ2v) is 7.14. The zero-order valence-electron chi connectivity index (χ0n) is 15.8. The van der Waals surface area contributed by atoms with E-state index < -0.39 is 17.7 Å². The third-order valence-electron chi connectivity index (χ3n) is 4.43. The Hall–Kier alpha value is -0.240. The molecule has 6 heteroatoms. The van der Waals surface area contributed by atoms with Gasteiger partial charge in [-0.2, -0.15) is 0 Å². The minimum atomic E-state index is -0.692. The smallest absolute Gasteiger partial charge is 0.190 e. The van der Waals surface area contributed by atoms with E-state index in [1.807, 2.05) is 13.8 Å². The van der Waals surface area contributed by atoms with Gasteiger partial charge in [0.15, 0.2) is 12.1 Å². The molecular weight excluding hydrogens is 312 g/mol. The first-order valence-electron chi connectivity index (χ1n) is 9.19. The summed E-state index contributed by atoms with van der Waals surface area (Å²) in [5, 5.41) is 0. The Kier molecular flexibility index (Phi) is 7.46. The van der Waals surface area contributed by atoms with Gasteiger partial charge in [0.2, 0.25) is 0 Å². The molecule has 0 amide bonds. The molecule has 1 unspecified atom stereocenters. The quantitative estimate of drug-likeness (QED) is 0.536. The van der Waals surface area contributed by atoms with Crippen LogP contribution in [0.25, 0.3) is 0 Å². The van der Waals surface area contributed by atoms with Gasteiger partial charge in [-0.1, -0.05) is 26.7 Å². The highest BCUT2D eigenvalue weighted by molar-refractivity contribution is 5.04. The molecule has 0 aliphatic carbocycles. The van der Waals surface area contributed by atoms with Crippen molar-refractivity contribution in [2.24, 2.45) is 0 Å². The van der Waals surface area contributed by atoms with Crippen LogP contribution in [0, 0.1) is 0 Å². The Morgan fingerprint density at radius 3 is 2.29 bits per heavy atom. The molecule has 4 atom stereocenters. The predicted octanol–water partition coefficient (Wildman–Crippen LogP) is 2.88. The molecule has 0 spiro atoms. The van der Waals surface area contributed by atoms with Crippen molar-refractivity contribution in [3.63, 3.8) is 0 Å². The summed E-state index contributed by atoms with van der Waals surface area (Å²) in [6.45, 7) is 10.2. The molecule has 0 N–H and O–H groups in total. The van der Waals surface area contributed by atoms with Crippen molar-refractivity contribution in [2.45, 2.75) is 83.3 Å². The van der Waals surface area contributed by atoms with E-state index in [9.17, 15) is 0 Å². The molecule has 0 aromatic rings. The number of unbranched alkanes of at least 4 members (excludes halogenated alkanes) is 2. The molecular formula is C18H34O6. The molecule has 0 aromatic heterocycles. The van der Waals surface area contributed by atoms with E-state index in [2.05, 4.69) is 13.8 Å². The Morgan fingerprint density at radius 2 is 1.62 bits per heavy atom. The number of hydrogen-bond acceptors (Lipinski definition) is 6. The fraction of sp³-hybridized carbons (Fsp3) is 1.00. The van der Waals surface area contributed by atoms with E-state index in [1.165, 1.54) is 0 Å². The number of hydrogen-bond donors (Lipinski definition) is 0. The predicted molar refractivity (Wildman–Crippen MR) is 89.9 cm³/mol. The van der Waals surface area contributed by atoms with E-state index in [1.54, 1.807) is 7.11 Å². The summed E-state index contributed by atoms with van der Waals surface area (Å²) in [5.41, 5.74) is -0.692. The van der Waals surface area contributed by atoms with Crippen LogP contribution in [-0.2, 0) is 28.4 Å². The van der Waals surface area contributed by atoms with E-state index in [0.29, 0.717) is 26.4 Å². The number of rotatable bonds is 11. The summed E-state index contributed by atoms with van der Waals surface area (Å²) < 4.78 is 35.7. The first-order valence-corrected chi connectivity index (χ1v) is 9.19. The maximum Gasteiger partial charge on any atom is 0.190 e. The number of fused-ring (bicyclic) bond motifs is 1. The average molecular weight is 346 g/mol. The second kappa shape index (κ2) is 8.92. The molecule has 24 heavy (non-hydrogen) atoms. The van der Waals surface area contributed by atoms with Crippen LogP contribution in [-0.4, -0.2) is 63.4 Å². The first-order chi connectivity index (χ1) is 11.5. The van der Waals surface area contributed by atoms with Gasteiger partial charge in [0.25, 0.3) is 0 Å². The molecule has 2 aliphatic rings. The second-order valence-electron chi connectivity index (χ2n) is 7.14. The lowest BCUT2D eigenvalue weighted by Crippen LogP contribution is -2.53. The van der Waals surface area contributed by atoms with Crippen LogP contribution < -0.4 is 0 Å². The first kappa shape index (κ1) is 20.1. The molecule has 2 aliphatic heterocycles. The van der Waals surface area contributed by atoms with E-state index in [0.717, 1.165) is 25.7 Å². The lowest BCUT2D eigenvalue weighted by atomic mass is 9.96. The molecule has 2 fully saturated rings. The Morgan fingerprint density at radius 1 is 0.917 bits per heavy atom. The maximum absolute atomic E-state index is 6.25. The van der Waals surface area contributed by atoms with Crippen molar-refractivity contribution in [2.75, 3.05) is 33.5 Å². The van der Waals surface area contributed by atoms with Gasteiger partial charge in [-0.05, 0) is 26.7 Å². The van der Waals surface area contributed by atoms with E-state index >= 15 is 0 Å². The van der Waals surface area contributed by atoms with Crippen molar-refractivity contribution < 1.29 is 28.4 Å². The molecule has 0 radical (unpaired) electrons. The van der Waals surface area contributed by atoms with Crippen LogP contribution >= 0.6 is 0 Å². The van der Waals surface area contributed by atoms with Crippen molar-refractivity contribution in [3.05, 3.63) is 0 Å². The molecule has 6 nitrogen and oxygen atoms in total. The molecule has 0 aromatic carbocycles. The van der Waals surface area contributed by atoms with Gasteiger partial charge in [-0.3, -0.25) is 0 Å². The van der Waals surface area contributed by atoms with Gasteiger partial charge in [0.05, 0.1) is 13.2 Å². The summed E-state index contributed by atoms with van der Waals surface area (Å²) in [6.07, 6.45) is 3.22. The summed E-state index contributed by atoms with van der Waals surface area (Å²) >= 11 is 0. The summed E-state index contributed by atoms with van der Waals surface area (Å²) in [7, 11) is 1.67. The van der Waals surface area contributed by atoms with Crippen LogP contribution in [0.15, 0.2) is 0 Å². The third kappa shape index (κ3) is 4.68. The highest BCUT2D eigenvalue weighted by Gasteiger charge is 2.62. The topological polar surface area (TPSA) is 55.4 Å². The van der Waals surface area contributed by atoms with Gasteiger partial charge in [0, 0.05) is 20.3 Å². The van der Waals surface area contributed by atoms with Crippen LogP contribution in [0.5, 0.6) is 0 Å². The fourth-order valence-corrected chi connectivity index (χ4v) is 3.26. The fourth-order valence-electron chi connectivity index (χ4n) is 3.26.